The second-order valence-corrected chi connectivity index (χ2v) is 19.7. The van der Waals surface area contributed by atoms with E-state index in [-0.39, 0.29) is 0 Å². The van der Waals surface area contributed by atoms with Gasteiger partial charge < -0.3 is 10.2 Å². The molecule has 0 aliphatic heterocycles. The number of furan rings is 1. The largest absolute Gasteiger partial charge is 0.455 e. The van der Waals surface area contributed by atoms with Crippen molar-refractivity contribution in [3.63, 3.8) is 0 Å². The third-order valence-corrected chi connectivity index (χ3v) is 14.5. The van der Waals surface area contributed by atoms with E-state index in [2.05, 4.69) is 217 Å². The lowest BCUT2D eigenvalue weighted by atomic mass is 9.75. The van der Waals surface area contributed by atoms with Crippen LogP contribution >= 0.6 is 0 Å². The molecule has 3 nitrogen and oxygen atoms in total. The molecule has 2 N–H and O–H groups in total. The Kier molecular flexibility index (Phi) is 16.1. The summed E-state index contributed by atoms with van der Waals surface area (Å²) in [5.41, 5.74) is 27.1. The molecule has 1 aliphatic carbocycles. The van der Waals surface area contributed by atoms with Gasteiger partial charge in [0, 0.05) is 27.6 Å². The van der Waals surface area contributed by atoms with Crippen LogP contribution in [0.4, 0.5) is 0 Å². The Morgan fingerprint density at radius 3 is 1.88 bits per heavy atom. The van der Waals surface area contributed by atoms with E-state index in [9.17, 15) is 0 Å². The van der Waals surface area contributed by atoms with E-state index in [1.54, 1.807) is 0 Å². The zero-order chi connectivity index (χ0) is 50.7. The molecule has 3 heteroatoms. The first kappa shape index (κ1) is 50.0. The predicted molar refractivity (Wildman–Crippen MR) is 315 cm³/mol. The number of hydrogen-bond donors (Lipinski definition) is 1. The van der Waals surface area contributed by atoms with Crippen molar-refractivity contribution in [2.45, 2.75) is 79.1 Å². The van der Waals surface area contributed by atoms with E-state index in [0.717, 1.165) is 90.2 Å². The molecular formula is C70H68N2O. The van der Waals surface area contributed by atoms with E-state index in [1.807, 2.05) is 36.4 Å². The first-order valence-corrected chi connectivity index (χ1v) is 26.2. The van der Waals surface area contributed by atoms with Crippen LogP contribution in [-0.4, -0.2) is 5.71 Å². The molecule has 1 saturated carbocycles. The molecule has 0 bridgehead atoms. The van der Waals surface area contributed by atoms with Crippen LogP contribution in [0.2, 0.25) is 0 Å². The molecule has 0 radical (unpaired) electrons. The molecule has 1 aliphatic rings. The van der Waals surface area contributed by atoms with Crippen LogP contribution in [0, 0.1) is 12.8 Å². The normalized spacial score (nSPS) is 13.9. The summed E-state index contributed by atoms with van der Waals surface area (Å²) in [5, 5.41) is 2.14. The summed E-state index contributed by atoms with van der Waals surface area (Å²) in [6.45, 7) is 15.6. The number of benzene rings is 8. The molecule has 10 rings (SSSR count). The third-order valence-electron chi connectivity index (χ3n) is 14.5. The monoisotopic (exact) mass is 953 g/mol. The number of allylic oxidation sites excluding steroid dienone is 5. The molecule has 1 atom stereocenters. The van der Waals surface area contributed by atoms with Gasteiger partial charge in [-0.15, -0.1) is 0 Å². The van der Waals surface area contributed by atoms with Gasteiger partial charge in [0.1, 0.15) is 11.2 Å². The maximum absolute atomic E-state index is 6.84. The van der Waals surface area contributed by atoms with Crippen molar-refractivity contribution in [2.24, 2.45) is 16.6 Å². The van der Waals surface area contributed by atoms with Crippen molar-refractivity contribution in [1.29, 1.82) is 0 Å². The van der Waals surface area contributed by atoms with Gasteiger partial charge in [0.25, 0.3) is 0 Å². The van der Waals surface area contributed by atoms with Crippen molar-refractivity contribution in [3.8, 4) is 22.3 Å². The van der Waals surface area contributed by atoms with Gasteiger partial charge in [-0.05, 0) is 155 Å². The highest BCUT2D eigenvalue weighted by atomic mass is 16.3. The minimum Gasteiger partial charge on any atom is -0.455 e. The second kappa shape index (κ2) is 23.5. The predicted octanol–water partition coefficient (Wildman–Crippen LogP) is 19.1. The van der Waals surface area contributed by atoms with Gasteiger partial charge in [-0.2, -0.15) is 0 Å². The van der Waals surface area contributed by atoms with Crippen LogP contribution in [0.25, 0.3) is 66.7 Å². The molecule has 1 heterocycles. The standard InChI is InChI=1S/C59H52N2O.C11H16/c1-5-19-55(44-22-12-7-13-23-44)61-56(45-24-14-8-15-25-45)35-40(3)47-30-32-49(42-28-18-29-42)51(36-47)50-38-53-52-37-48(39(2)34-54(60)43-20-10-6-11-21-43)31-33-57(52)62-59(53)58(41(50)4)46-26-16-9-17-27-46;1-3-10(2)9-11-7-5-4-6-8-11/h6-17,19-27,30-38,42H,2,5,18,28-29,60H2,1,3-4H3;4-8,10H,3,9H2,1-2H3/b40-35+,54-34-,55-19-,61-56+;. The Hall–Kier alpha value is -8.01. The average molecular weight is 953 g/mol. The number of aliphatic imine (C=N–C) groups is 1. The molecule has 9 aromatic rings. The molecule has 8 aromatic carbocycles. The van der Waals surface area contributed by atoms with Gasteiger partial charge in [-0.1, -0.05) is 216 Å². The number of fused-ring (bicyclic) bond motifs is 3. The highest BCUT2D eigenvalue weighted by Crippen LogP contribution is 2.47. The highest BCUT2D eigenvalue weighted by molar-refractivity contribution is 6.15. The molecule has 0 saturated heterocycles. The smallest absolute Gasteiger partial charge is 0.143 e. The van der Waals surface area contributed by atoms with Gasteiger partial charge in [-0.3, -0.25) is 0 Å². The van der Waals surface area contributed by atoms with Crippen LogP contribution in [0.15, 0.2) is 228 Å². The maximum Gasteiger partial charge on any atom is 0.143 e. The summed E-state index contributed by atoms with van der Waals surface area (Å²) in [5.74, 6) is 1.34. The number of nitrogens with two attached hydrogens (primary N) is 1. The second-order valence-electron chi connectivity index (χ2n) is 19.7. The Morgan fingerprint density at radius 1 is 0.658 bits per heavy atom. The van der Waals surface area contributed by atoms with E-state index in [4.69, 9.17) is 15.1 Å². The van der Waals surface area contributed by atoms with E-state index in [1.165, 1.54) is 65.5 Å². The minimum atomic E-state index is 0.519. The topological polar surface area (TPSA) is 51.5 Å². The first-order valence-electron chi connectivity index (χ1n) is 26.2. The van der Waals surface area contributed by atoms with Crippen molar-refractivity contribution in [2.75, 3.05) is 0 Å². The Bertz CT molecular complexity index is 3450. The Balaban J connectivity index is 0.000000530. The van der Waals surface area contributed by atoms with E-state index in [0.29, 0.717) is 11.6 Å². The van der Waals surface area contributed by atoms with Crippen LogP contribution in [0.1, 0.15) is 110 Å². The van der Waals surface area contributed by atoms with Crippen LogP contribution in [-0.2, 0) is 6.42 Å². The summed E-state index contributed by atoms with van der Waals surface area (Å²) in [4.78, 5) is 5.36. The lowest BCUT2D eigenvalue weighted by Crippen LogP contribution is -2.10. The van der Waals surface area contributed by atoms with Gasteiger partial charge in [0.2, 0.25) is 0 Å². The average Bonchev–Trinajstić information content (AvgIpc) is 3.78. The molecule has 0 amide bonds. The summed E-state index contributed by atoms with van der Waals surface area (Å²) in [6.07, 6.45) is 13.5. The quantitative estimate of drug-likeness (QED) is 0.0822. The van der Waals surface area contributed by atoms with Gasteiger partial charge >= 0.3 is 0 Å². The molecule has 1 fully saturated rings. The fourth-order valence-electron chi connectivity index (χ4n) is 9.93. The fraction of sp³-hybridized carbons (Fsp3) is 0.186. The number of nitrogens with zero attached hydrogens (tertiary/aromatic N) is 1. The maximum atomic E-state index is 6.84. The molecule has 1 unspecified atom stereocenters. The summed E-state index contributed by atoms with van der Waals surface area (Å²) >= 11 is 0. The zero-order valence-corrected chi connectivity index (χ0v) is 43.2. The fourth-order valence-corrected chi connectivity index (χ4v) is 9.93. The third kappa shape index (κ3) is 11.7. The van der Waals surface area contributed by atoms with Crippen molar-refractivity contribution in [3.05, 3.63) is 263 Å². The molecule has 1 aromatic heterocycles. The molecule has 0 spiro atoms. The Morgan fingerprint density at radius 2 is 1.26 bits per heavy atom. The summed E-state index contributed by atoms with van der Waals surface area (Å²) in [7, 11) is 0. The van der Waals surface area contributed by atoms with Crippen LogP contribution in [0.3, 0.4) is 0 Å². The number of hydrogen-bond acceptors (Lipinski definition) is 3. The van der Waals surface area contributed by atoms with Gasteiger partial charge in [-0.25, -0.2) is 4.99 Å². The summed E-state index contributed by atoms with van der Waals surface area (Å²) < 4.78 is 6.84. The lowest BCUT2D eigenvalue weighted by Gasteiger charge is -2.29. The van der Waals surface area contributed by atoms with Gasteiger partial charge in [0.05, 0.1) is 11.4 Å². The van der Waals surface area contributed by atoms with Crippen molar-refractivity contribution in [1.82, 2.24) is 0 Å². The SMILES string of the molecule is C=C(/C=C(\N)c1ccccc1)c1ccc2oc3c(-c4ccccc4)c(C)c(-c4cc(/C(C)=C/C(=N\C(=C/CC)c5ccccc5)c5ccccc5)ccc4C4CCC4)cc3c2c1.CCC(C)Cc1ccccc1. The highest BCUT2D eigenvalue weighted by Gasteiger charge is 2.26. The van der Waals surface area contributed by atoms with E-state index >= 15 is 0 Å². The minimum absolute atomic E-state index is 0.519. The summed E-state index contributed by atoms with van der Waals surface area (Å²) in [6, 6.07) is 68.3. The van der Waals surface area contributed by atoms with E-state index < -0.39 is 0 Å². The zero-order valence-electron chi connectivity index (χ0n) is 43.2. The Labute approximate surface area is 433 Å². The van der Waals surface area contributed by atoms with Gasteiger partial charge in [0.15, 0.2) is 0 Å². The molecular weight excluding hydrogens is 885 g/mol. The lowest BCUT2D eigenvalue weighted by molar-refractivity contribution is 0.420. The van der Waals surface area contributed by atoms with Crippen LogP contribution < -0.4 is 5.73 Å². The first-order chi connectivity index (χ1) is 35.7. The van der Waals surface area contributed by atoms with Crippen molar-refractivity contribution < 1.29 is 4.42 Å². The number of rotatable bonds is 15. The van der Waals surface area contributed by atoms with Crippen LogP contribution in [0.5, 0.6) is 0 Å². The molecule has 73 heavy (non-hydrogen) atoms. The van der Waals surface area contributed by atoms with Crippen molar-refractivity contribution >= 4 is 50.2 Å². The molecule has 364 valence electrons.